The van der Waals surface area contributed by atoms with Gasteiger partial charge in [-0.05, 0) is 49.1 Å². The van der Waals surface area contributed by atoms with Gasteiger partial charge in [0.1, 0.15) is 0 Å². The fraction of sp³-hybridized carbons (Fsp3) is 0.625. The van der Waals surface area contributed by atoms with Crippen LogP contribution in [0, 0.1) is 12.8 Å². The molecule has 0 aromatic heterocycles. The van der Waals surface area contributed by atoms with Gasteiger partial charge in [-0.3, -0.25) is 0 Å². The van der Waals surface area contributed by atoms with Crippen molar-refractivity contribution in [2.75, 3.05) is 38.3 Å². The Morgan fingerprint density at radius 2 is 2.05 bits per heavy atom. The molecule has 1 aromatic rings. The Morgan fingerprint density at radius 1 is 1.32 bits per heavy atom. The van der Waals surface area contributed by atoms with E-state index >= 15 is 0 Å². The second kappa shape index (κ2) is 8.18. The Hall–Kier alpha value is -1.06. The number of ether oxygens (including phenoxy) is 1. The van der Waals surface area contributed by atoms with Crippen LogP contribution in [0.3, 0.4) is 0 Å². The number of benzene rings is 1. The molecular formula is C16H28N2O. The molecule has 0 unspecified atom stereocenters. The molecule has 0 spiro atoms. The van der Waals surface area contributed by atoms with Crippen molar-refractivity contribution < 1.29 is 4.74 Å². The molecule has 0 aliphatic rings. The molecule has 108 valence electrons. The second-order valence-electron chi connectivity index (χ2n) is 5.48. The summed E-state index contributed by atoms with van der Waals surface area (Å²) in [4.78, 5) is 2.40. The maximum absolute atomic E-state index is 5.63. The first kappa shape index (κ1) is 16.0. The molecule has 3 heteroatoms. The minimum atomic E-state index is 0.640. The minimum Gasteiger partial charge on any atom is -0.383 e. The van der Waals surface area contributed by atoms with Crippen molar-refractivity contribution in [1.29, 1.82) is 0 Å². The smallest absolute Gasteiger partial charge is 0.0637 e. The lowest BCUT2D eigenvalue weighted by atomic mass is 10.0. The van der Waals surface area contributed by atoms with E-state index in [1.807, 2.05) is 0 Å². The molecule has 1 aromatic carbocycles. The SMILES string of the molecule is COCCN(CC(C)C)c1ccc(CCN)c(C)c1. The third-order valence-electron chi connectivity index (χ3n) is 3.26. The summed E-state index contributed by atoms with van der Waals surface area (Å²) in [7, 11) is 1.75. The van der Waals surface area contributed by atoms with Crippen LogP contribution in [-0.4, -0.2) is 33.4 Å². The number of nitrogens with zero attached hydrogens (tertiary/aromatic N) is 1. The number of nitrogens with two attached hydrogens (primary N) is 1. The summed E-state index contributed by atoms with van der Waals surface area (Å²) in [6, 6.07) is 6.68. The number of hydrogen-bond acceptors (Lipinski definition) is 3. The highest BCUT2D eigenvalue weighted by molar-refractivity contribution is 5.51. The molecule has 0 fully saturated rings. The van der Waals surface area contributed by atoms with Gasteiger partial charge in [-0.2, -0.15) is 0 Å². The fourth-order valence-corrected chi connectivity index (χ4v) is 2.28. The van der Waals surface area contributed by atoms with Crippen LogP contribution in [-0.2, 0) is 11.2 Å². The van der Waals surface area contributed by atoms with E-state index in [-0.39, 0.29) is 0 Å². The molecule has 0 atom stereocenters. The first-order chi connectivity index (χ1) is 9.08. The van der Waals surface area contributed by atoms with E-state index < -0.39 is 0 Å². The molecular weight excluding hydrogens is 236 g/mol. The second-order valence-corrected chi connectivity index (χ2v) is 5.48. The lowest BCUT2D eigenvalue weighted by molar-refractivity contribution is 0.204. The molecule has 19 heavy (non-hydrogen) atoms. The van der Waals surface area contributed by atoms with Crippen molar-refractivity contribution in [1.82, 2.24) is 0 Å². The molecule has 1 rings (SSSR count). The van der Waals surface area contributed by atoms with E-state index in [2.05, 4.69) is 43.9 Å². The lowest BCUT2D eigenvalue weighted by Gasteiger charge is -2.27. The van der Waals surface area contributed by atoms with Gasteiger partial charge in [0, 0.05) is 25.9 Å². The molecule has 3 nitrogen and oxygen atoms in total. The highest BCUT2D eigenvalue weighted by atomic mass is 16.5. The van der Waals surface area contributed by atoms with Crippen molar-refractivity contribution in [3.05, 3.63) is 29.3 Å². The van der Waals surface area contributed by atoms with Gasteiger partial charge in [-0.1, -0.05) is 19.9 Å². The summed E-state index contributed by atoms with van der Waals surface area (Å²) >= 11 is 0. The molecule has 2 N–H and O–H groups in total. The molecule has 0 heterocycles. The van der Waals surface area contributed by atoms with Crippen LogP contribution in [0.25, 0.3) is 0 Å². The first-order valence-corrected chi connectivity index (χ1v) is 7.12. The van der Waals surface area contributed by atoms with E-state index in [4.69, 9.17) is 10.5 Å². The molecule has 0 saturated carbocycles. The molecule has 0 aliphatic heterocycles. The van der Waals surface area contributed by atoms with E-state index in [1.54, 1.807) is 7.11 Å². The number of anilines is 1. The standard InChI is InChI=1S/C16H28N2O/c1-13(2)12-18(9-10-19-4)16-6-5-15(7-8-17)14(3)11-16/h5-6,11,13H,7-10,12,17H2,1-4H3. The zero-order valence-electron chi connectivity index (χ0n) is 12.8. The van der Waals surface area contributed by atoms with E-state index in [0.717, 1.165) is 26.1 Å². The van der Waals surface area contributed by atoms with E-state index in [1.165, 1.54) is 16.8 Å². The highest BCUT2D eigenvalue weighted by Crippen LogP contribution is 2.20. The predicted molar refractivity (Wildman–Crippen MR) is 82.9 cm³/mol. The number of rotatable bonds is 8. The van der Waals surface area contributed by atoms with Gasteiger partial charge in [0.05, 0.1) is 6.61 Å². The van der Waals surface area contributed by atoms with Gasteiger partial charge in [-0.15, -0.1) is 0 Å². The van der Waals surface area contributed by atoms with Crippen molar-refractivity contribution >= 4 is 5.69 Å². The van der Waals surface area contributed by atoms with E-state index in [0.29, 0.717) is 12.5 Å². The third kappa shape index (κ3) is 5.21. The average Bonchev–Trinajstić information content (AvgIpc) is 2.36. The number of methoxy groups -OCH3 is 1. The van der Waals surface area contributed by atoms with Crippen molar-refractivity contribution in [2.24, 2.45) is 11.7 Å². The van der Waals surface area contributed by atoms with Gasteiger partial charge in [0.2, 0.25) is 0 Å². The summed E-state index contributed by atoms with van der Waals surface area (Å²) in [5, 5.41) is 0. The maximum atomic E-state index is 5.63. The van der Waals surface area contributed by atoms with Crippen molar-refractivity contribution in [2.45, 2.75) is 27.2 Å². The number of aryl methyl sites for hydroxylation is 1. The molecule has 0 saturated heterocycles. The van der Waals surface area contributed by atoms with Gasteiger partial charge < -0.3 is 15.4 Å². The topological polar surface area (TPSA) is 38.5 Å². The van der Waals surface area contributed by atoms with Gasteiger partial charge in [-0.25, -0.2) is 0 Å². The lowest BCUT2D eigenvalue weighted by Crippen LogP contribution is -2.31. The summed E-state index contributed by atoms with van der Waals surface area (Å²) in [6.45, 7) is 10.1. The fourth-order valence-electron chi connectivity index (χ4n) is 2.28. The number of hydrogen-bond donors (Lipinski definition) is 1. The Labute approximate surface area is 117 Å². The summed E-state index contributed by atoms with van der Waals surface area (Å²) in [5.74, 6) is 0.640. The summed E-state index contributed by atoms with van der Waals surface area (Å²) in [6.07, 6.45) is 0.953. The van der Waals surface area contributed by atoms with Crippen LogP contribution >= 0.6 is 0 Å². The van der Waals surface area contributed by atoms with Crippen molar-refractivity contribution in [3.63, 3.8) is 0 Å². The van der Waals surface area contributed by atoms with Crippen LogP contribution in [0.1, 0.15) is 25.0 Å². The highest BCUT2D eigenvalue weighted by Gasteiger charge is 2.09. The minimum absolute atomic E-state index is 0.640. The molecule has 0 bridgehead atoms. The zero-order chi connectivity index (χ0) is 14.3. The molecule has 0 radical (unpaired) electrons. The van der Waals surface area contributed by atoms with Gasteiger partial charge >= 0.3 is 0 Å². The van der Waals surface area contributed by atoms with Crippen LogP contribution in [0.2, 0.25) is 0 Å². The normalized spacial score (nSPS) is 11.1. The largest absolute Gasteiger partial charge is 0.383 e. The van der Waals surface area contributed by atoms with Crippen molar-refractivity contribution in [3.8, 4) is 0 Å². The molecule has 0 aliphatic carbocycles. The van der Waals surface area contributed by atoms with Gasteiger partial charge in [0.25, 0.3) is 0 Å². The average molecular weight is 264 g/mol. The summed E-state index contributed by atoms with van der Waals surface area (Å²) < 4.78 is 5.21. The Bertz CT molecular complexity index is 377. The van der Waals surface area contributed by atoms with Crippen LogP contribution in [0.5, 0.6) is 0 Å². The van der Waals surface area contributed by atoms with Crippen LogP contribution in [0.15, 0.2) is 18.2 Å². The van der Waals surface area contributed by atoms with E-state index in [9.17, 15) is 0 Å². The summed E-state index contributed by atoms with van der Waals surface area (Å²) in [5.41, 5.74) is 9.59. The first-order valence-electron chi connectivity index (χ1n) is 7.12. The quantitative estimate of drug-likeness (QED) is 0.784. The Balaban J connectivity index is 2.85. The monoisotopic (exact) mass is 264 g/mol. The Morgan fingerprint density at radius 3 is 2.58 bits per heavy atom. The zero-order valence-corrected chi connectivity index (χ0v) is 12.8. The maximum Gasteiger partial charge on any atom is 0.0637 e. The van der Waals surface area contributed by atoms with Gasteiger partial charge in [0.15, 0.2) is 0 Å². The Kier molecular flexibility index (Phi) is 6.89. The van der Waals surface area contributed by atoms with Crippen LogP contribution < -0.4 is 10.6 Å². The third-order valence-corrected chi connectivity index (χ3v) is 3.26. The molecule has 0 amide bonds. The predicted octanol–water partition coefficient (Wildman–Crippen LogP) is 2.61. The van der Waals surface area contributed by atoms with Crippen LogP contribution in [0.4, 0.5) is 5.69 Å².